The smallest absolute Gasteiger partial charge is 0.127 e. The summed E-state index contributed by atoms with van der Waals surface area (Å²) in [4.78, 5) is 0. The van der Waals surface area contributed by atoms with Crippen molar-refractivity contribution in [3.05, 3.63) is 64.7 Å². The van der Waals surface area contributed by atoms with Gasteiger partial charge in [0.25, 0.3) is 0 Å². The van der Waals surface area contributed by atoms with Crippen LogP contribution in [0.25, 0.3) is 0 Å². The van der Waals surface area contributed by atoms with Crippen LogP contribution in [0.2, 0.25) is 0 Å². The third-order valence-electron chi connectivity index (χ3n) is 4.13. The molecule has 1 aliphatic heterocycles. The zero-order valence-electron chi connectivity index (χ0n) is 11.9. The van der Waals surface area contributed by atoms with Crippen LogP contribution in [0.4, 0.5) is 0 Å². The molecular weight excluding hydrogens is 246 g/mol. The molecule has 2 aromatic rings. The van der Waals surface area contributed by atoms with Crippen LogP contribution in [0.3, 0.4) is 0 Å². The van der Waals surface area contributed by atoms with E-state index in [9.17, 15) is 0 Å². The average Bonchev–Trinajstić information content (AvgIpc) is 2.94. The molecule has 1 heterocycles. The number of hydrogen-bond donors (Lipinski definition) is 1. The second-order valence-corrected chi connectivity index (χ2v) is 5.51. The molecule has 3 rings (SSSR count). The van der Waals surface area contributed by atoms with E-state index in [0.29, 0.717) is 0 Å². The van der Waals surface area contributed by atoms with Crippen molar-refractivity contribution in [1.29, 1.82) is 0 Å². The Labute approximate surface area is 120 Å². The van der Waals surface area contributed by atoms with E-state index in [0.717, 1.165) is 37.2 Å². The zero-order chi connectivity index (χ0) is 13.9. The van der Waals surface area contributed by atoms with Crippen LogP contribution in [0.5, 0.6) is 5.75 Å². The first-order valence-electron chi connectivity index (χ1n) is 7.30. The lowest BCUT2D eigenvalue weighted by atomic mass is 9.95. The van der Waals surface area contributed by atoms with Gasteiger partial charge in [0.05, 0.1) is 6.61 Å². The maximum absolute atomic E-state index is 6.39. The third kappa shape index (κ3) is 2.56. The Bertz CT molecular complexity index is 606. The van der Waals surface area contributed by atoms with Crippen LogP contribution >= 0.6 is 0 Å². The van der Waals surface area contributed by atoms with E-state index in [1.807, 2.05) is 0 Å². The van der Waals surface area contributed by atoms with Gasteiger partial charge < -0.3 is 10.5 Å². The normalized spacial score (nSPS) is 14.7. The molecule has 104 valence electrons. The van der Waals surface area contributed by atoms with Gasteiger partial charge in [0.2, 0.25) is 0 Å². The van der Waals surface area contributed by atoms with Gasteiger partial charge in [0.1, 0.15) is 5.75 Å². The summed E-state index contributed by atoms with van der Waals surface area (Å²) in [6, 6.07) is 14.9. The Hall–Kier alpha value is -1.80. The average molecular weight is 267 g/mol. The molecule has 0 fully saturated rings. The second-order valence-electron chi connectivity index (χ2n) is 5.51. The summed E-state index contributed by atoms with van der Waals surface area (Å²) in [6.07, 6.45) is 2.97. The molecule has 0 spiro atoms. The van der Waals surface area contributed by atoms with Gasteiger partial charge >= 0.3 is 0 Å². The summed E-state index contributed by atoms with van der Waals surface area (Å²) in [7, 11) is 0. The standard InChI is InChI=1S/C18H21NO/c1-13-5-2-3-6-14(13)9-10-17(19)16-8-4-7-15-11-12-20-18(15)16/h2-8,17H,9-12,19H2,1H3. The molecule has 0 amide bonds. The van der Waals surface area contributed by atoms with Crippen molar-refractivity contribution in [3.8, 4) is 5.75 Å². The van der Waals surface area contributed by atoms with Gasteiger partial charge in [-0.3, -0.25) is 0 Å². The molecule has 2 heteroatoms. The number of rotatable bonds is 4. The van der Waals surface area contributed by atoms with Gasteiger partial charge in [0, 0.05) is 18.0 Å². The van der Waals surface area contributed by atoms with Crippen molar-refractivity contribution in [2.45, 2.75) is 32.2 Å². The lowest BCUT2D eigenvalue weighted by molar-refractivity contribution is 0.350. The van der Waals surface area contributed by atoms with Crippen LogP contribution in [0.15, 0.2) is 42.5 Å². The summed E-state index contributed by atoms with van der Waals surface area (Å²) >= 11 is 0. The third-order valence-corrected chi connectivity index (χ3v) is 4.13. The minimum Gasteiger partial charge on any atom is -0.493 e. The molecule has 1 aliphatic rings. The lowest BCUT2D eigenvalue weighted by Gasteiger charge is -2.16. The Morgan fingerprint density at radius 3 is 2.85 bits per heavy atom. The number of aryl methyl sites for hydroxylation is 2. The summed E-state index contributed by atoms with van der Waals surface area (Å²) < 4.78 is 5.75. The van der Waals surface area contributed by atoms with E-state index in [4.69, 9.17) is 10.5 Å². The molecule has 0 saturated carbocycles. The molecule has 1 atom stereocenters. The van der Waals surface area contributed by atoms with Crippen molar-refractivity contribution in [2.24, 2.45) is 5.73 Å². The lowest BCUT2D eigenvalue weighted by Crippen LogP contribution is -2.12. The van der Waals surface area contributed by atoms with E-state index >= 15 is 0 Å². The topological polar surface area (TPSA) is 35.2 Å². The molecule has 0 aromatic heterocycles. The molecule has 2 aromatic carbocycles. The highest BCUT2D eigenvalue weighted by Gasteiger charge is 2.19. The molecule has 2 nitrogen and oxygen atoms in total. The van der Waals surface area contributed by atoms with Crippen LogP contribution in [-0.2, 0) is 12.8 Å². The minimum absolute atomic E-state index is 0.0441. The Morgan fingerprint density at radius 2 is 2.00 bits per heavy atom. The quantitative estimate of drug-likeness (QED) is 0.919. The highest BCUT2D eigenvalue weighted by molar-refractivity contribution is 5.45. The van der Waals surface area contributed by atoms with E-state index < -0.39 is 0 Å². The number of fused-ring (bicyclic) bond motifs is 1. The number of benzene rings is 2. The van der Waals surface area contributed by atoms with E-state index in [1.165, 1.54) is 16.7 Å². The summed E-state index contributed by atoms with van der Waals surface area (Å²) in [5.41, 5.74) is 11.6. The second kappa shape index (κ2) is 5.68. The summed E-state index contributed by atoms with van der Waals surface area (Å²) in [5, 5.41) is 0. The number of hydrogen-bond acceptors (Lipinski definition) is 2. The molecule has 2 N–H and O–H groups in total. The monoisotopic (exact) mass is 267 g/mol. The van der Waals surface area contributed by atoms with Crippen LogP contribution < -0.4 is 10.5 Å². The van der Waals surface area contributed by atoms with Gasteiger partial charge in [-0.2, -0.15) is 0 Å². The highest BCUT2D eigenvalue weighted by Crippen LogP contribution is 2.34. The fraction of sp³-hybridized carbons (Fsp3) is 0.333. The Morgan fingerprint density at radius 1 is 1.15 bits per heavy atom. The van der Waals surface area contributed by atoms with Crippen molar-refractivity contribution in [2.75, 3.05) is 6.61 Å². The number of nitrogens with two attached hydrogens (primary N) is 1. The largest absolute Gasteiger partial charge is 0.493 e. The summed E-state index contributed by atoms with van der Waals surface area (Å²) in [5.74, 6) is 1.03. The fourth-order valence-electron chi connectivity index (χ4n) is 2.89. The Balaban J connectivity index is 1.73. The van der Waals surface area contributed by atoms with Gasteiger partial charge in [-0.05, 0) is 36.5 Å². The van der Waals surface area contributed by atoms with Crippen LogP contribution in [0, 0.1) is 6.92 Å². The first-order valence-corrected chi connectivity index (χ1v) is 7.30. The van der Waals surface area contributed by atoms with E-state index in [-0.39, 0.29) is 6.04 Å². The van der Waals surface area contributed by atoms with Crippen LogP contribution in [0.1, 0.15) is 34.7 Å². The zero-order valence-corrected chi connectivity index (χ0v) is 11.9. The molecule has 0 aliphatic carbocycles. The first kappa shape index (κ1) is 13.2. The van der Waals surface area contributed by atoms with Gasteiger partial charge in [-0.25, -0.2) is 0 Å². The predicted octanol–water partition coefficient (Wildman–Crippen LogP) is 3.56. The Kier molecular flexibility index (Phi) is 3.75. The maximum Gasteiger partial charge on any atom is 0.127 e. The first-order chi connectivity index (χ1) is 9.75. The molecule has 20 heavy (non-hydrogen) atoms. The van der Waals surface area contributed by atoms with Crippen molar-refractivity contribution in [3.63, 3.8) is 0 Å². The van der Waals surface area contributed by atoms with Gasteiger partial charge in [0.15, 0.2) is 0 Å². The van der Waals surface area contributed by atoms with Crippen molar-refractivity contribution < 1.29 is 4.74 Å². The fourth-order valence-corrected chi connectivity index (χ4v) is 2.89. The van der Waals surface area contributed by atoms with Gasteiger partial charge in [-0.15, -0.1) is 0 Å². The minimum atomic E-state index is 0.0441. The summed E-state index contributed by atoms with van der Waals surface area (Å²) in [6.45, 7) is 2.95. The number of para-hydroxylation sites is 1. The predicted molar refractivity (Wildman–Crippen MR) is 82.1 cm³/mol. The SMILES string of the molecule is Cc1ccccc1CCC(N)c1cccc2c1OCC2. The van der Waals surface area contributed by atoms with Crippen molar-refractivity contribution in [1.82, 2.24) is 0 Å². The van der Waals surface area contributed by atoms with E-state index in [1.54, 1.807) is 0 Å². The highest BCUT2D eigenvalue weighted by atomic mass is 16.5. The van der Waals surface area contributed by atoms with Crippen LogP contribution in [-0.4, -0.2) is 6.61 Å². The molecular formula is C18H21NO. The molecule has 0 bridgehead atoms. The molecule has 0 radical (unpaired) electrons. The number of ether oxygens (including phenoxy) is 1. The molecule has 1 unspecified atom stereocenters. The maximum atomic E-state index is 6.39. The molecule has 0 saturated heterocycles. The van der Waals surface area contributed by atoms with E-state index in [2.05, 4.69) is 49.4 Å². The van der Waals surface area contributed by atoms with Crippen molar-refractivity contribution >= 4 is 0 Å². The van der Waals surface area contributed by atoms with Gasteiger partial charge in [-0.1, -0.05) is 42.5 Å².